The molecule has 0 bridgehead atoms. The van der Waals surface area contributed by atoms with Crippen LogP contribution in [0, 0.1) is 17.2 Å². The SMILES string of the molecule is N#Cc1ccccc1CC1CCCNC1. The van der Waals surface area contributed by atoms with Crippen LogP contribution in [-0.4, -0.2) is 13.1 Å². The van der Waals surface area contributed by atoms with E-state index in [0.29, 0.717) is 5.92 Å². The second-order valence-electron chi connectivity index (χ2n) is 4.19. The summed E-state index contributed by atoms with van der Waals surface area (Å²) < 4.78 is 0. The van der Waals surface area contributed by atoms with E-state index in [1.807, 2.05) is 18.2 Å². The molecular formula is C13H16N2. The van der Waals surface area contributed by atoms with E-state index >= 15 is 0 Å². The predicted molar refractivity (Wildman–Crippen MR) is 60.5 cm³/mol. The van der Waals surface area contributed by atoms with Crippen LogP contribution in [0.3, 0.4) is 0 Å². The number of hydrogen-bond donors (Lipinski definition) is 1. The van der Waals surface area contributed by atoms with E-state index in [1.54, 1.807) is 0 Å². The van der Waals surface area contributed by atoms with Gasteiger partial charge in [-0.15, -0.1) is 0 Å². The first-order valence-corrected chi connectivity index (χ1v) is 5.59. The number of piperidine rings is 1. The Kier molecular flexibility index (Phi) is 3.37. The maximum atomic E-state index is 8.98. The lowest BCUT2D eigenvalue weighted by molar-refractivity contribution is 0.376. The topological polar surface area (TPSA) is 35.8 Å². The van der Waals surface area contributed by atoms with Gasteiger partial charge in [0, 0.05) is 0 Å². The Bertz CT molecular complexity index is 359. The number of nitrogens with one attached hydrogen (secondary N) is 1. The molecule has 0 aliphatic carbocycles. The molecule has 78 valence electrons. The van der Waals surface area contributed by atoms with Gasteiger partial charge in [0.2, 0.25) is 0 Å². The van der Waals surface area contributed by atoms with Crippen LogP contribution in [0.4, 0.5) is 0 Å². The van der Waals surface area contributed by atoms with Gasteiger partial charge in [0.1, 0.15) is 0 Å². The summed E-state index contributed by atoms with van der Waals surface area (Å²) in [6.07, 6.45) is 3.59. The highest BCUT2D eigenvalue weighted by Gasteiger charge is 2.14. The van der Waals surface area contributed by atoms with E-state index in [0.717, 1.165) is 25.1 Å². The van der Waals surface area contributed by atoms with Crippen LogP contribution in [-0.2, 0) is 6.42 Å². The smallest absolute Gasteiger partial charge is 0.0994 e. The Hall–Kier alpha value is -1.33. The molecule has 1 unspecified atom stereocenters. The van der Waals surface area contributed by atoms with Gasteiger partial charge in [-0.3, -0.25) is 0 Å². The third-order valence-electron chi connectivity index (χ3n) is 3.05. The first-order valence-electron chi connectivity index (χ1n) is 5.59. The zero-order chi connectivity index (χ0) is 10.5. The van der Waals surface area contributed by atoms with Gasteiger partial charge < -0.3 is 5.32 Å². The average molecular weight is 200 g/mol. The van der Waals surface area contributed by atoms with E-state index in [9.17, 15) is 0 Å². The molecule has 2 nitrogen and oxygen atoms in total. The van der Waals surface area contributed by atoms with Crippen molar-refractivity contribution in [2.75, 3.05) is 13.1 Å². The summed E-state index contributed by atoms with van der Waals surface area (Å²) >= 11 is 0. The monoisotopic (exact) mass is 200 g/mol. The number of nitrogens with zero attached hydrogens (tertiary/aromatic N) is 1. The average Bonchev–Trinajstić information content (AvgIpc) is 2.31. The Morgan fingerprint density at radius 2 is 2.27 bits per heavy atom. The first-order chi connectivity index (χ1) is 7.40. The van der Waals surface area contributed by atoms with Gasteiger partial charge in [-0.2, -0.15) is 5.26 Å². The molecule has 0 amide bonds. The molecule has 1 aromatic rings. The summed E-state index contributed by atoms with van der Waals surface area (Å²) in [5, 5.41) is 12.4. The van der Waals surface area contributed by atoms with Crippen molar-refractivity contribution in [2.24, 2.45) is 5.92 Å². The van der Waals surface area contributed by atoms with E-state index in [1.165, 1.54) is 18.4 Å². The van der Waals surface area contributed by atoms with E-state index in [2.05, 4.69) is 17.5 Å². The van der Waals surface area contributed by atoms with Gasteiger partial charge in [-0.1, -0.05) is 18.2 Å². The lowest BCUT2D eigenvalue weighted by atomic mass is 9.90. The molecule has 1 saturated heterocycles. The van der Waals surface area contributed by atoms with Crippen LogP contribution < -0.4 is 5.32 Å². The lowest BCUT2D eigenvalue weighted by Gasteiger charge is -2.22. The zero-order valence-corrected chi connectivity index (χ0v) is 8.87. The predicted octanol–water partition coefficient (Wildman–Crippen LogP) is 2.10. The number of rotatable bonds is 2. The minimum Gasteiger partial charge on any atom is -0.316 e. The van der Waals surface area contributed by atoms with Crippen molar-refractivity contribution in [1.29, 1.82) is 5.26 Å². The molecule has 2 heteroatoms. The van der Waals surface area contributed by atoms with Crippen LogP contribution in [0.1, 0.15) is 24.0 Å². The summed E-state index contributed by atoms with van der Waals surface area (Å²) in [5.74, 6) is 0.702. The van der Waals surface area contributed by atoms with Crippen LogP contribution in [0.2, 0.25) is 0 Å². The number of benzene rings is 1. The minimum absolute atomic E-state index is 0.702. The summed E-state index contributed by atoms with van der Waals surface area (Å²) in [7, 11) is 0. The third-order valence-corrected chi connectivity index (χ3v) is 3.05. The highest BCUT2D eigenvalue weighted by atomic mass is 14.9. The maximum absolute atomic E-state index is 8.98. The van der Waals surface area contributed by atoms with Crippen molar-refractivity contribution >= 4 is 0 Å². The van der Waals surface area contributed by atoms with Crippen molar-refractivity contribution in [1.82, 2.24) is 5.32 Å². The summed E-state index contributed by atoms with van der Waals surface area (Å²) in [6.45, 7) is 2.25. The fraction of sp³-hybridized carbons (Fsp3) is 0.462. The van der Waals surface area contributed by atoms with E-state index in [-0.39, 0.29) is 0 Å². The maximum Gasteiger partial charge on any atom is 0.0994 e. The van der Waals surface area contributed by atoms with Crippen molar-refractivity contribution in [3.05, 3.63) is 35.4 Å². The van der Waals surface area contributed by atoms with Gasteiger partial charge in [0.15, 0.2) is 0 Å². The molecule has 0 saturated carbocycles. The van der Waals surface area contributed by atoms with Crippen molar-refractivity contribution < 1.29 is 0 Å². The van der Waals surface area contributed by atoms with Crippen LogP contribution in [0.15, 0.2) is 24.3 Å². The first kappa shape index (κ1) is 10.2. The van der Waals surface area contributed by atoms with Crippen LogP contribution in [0.5, 0.6) is 0 Å². The molecular weight excluding hydrogens is 184 g/mol. The molecule has 1 aliphatic rings. The lowest BCUT2D eigenvalue weighted by Crippen LogP contribution is -2.30. The molecule has 15 heavy (non-hydrogen) atoms. The fourth-order valence-corrected chi connectivity index (χ4v) is 2.22. The van der Waals surface area contributed by atoms with Crippen molar-refractivity contribution in [2.45, 2.75) is 19.3 Å². The van der Waals surface area contributed by atoms with Gasteiger partial charge in [0.05, 0.1) is 11.6 Å². The summed E-state index contributed by atoms with van der Waals surface area (Å²) in [6, 6.07) is 10.2. The standard InChI is InChI=1S/C13H16N2/c14-9-13-6-2-1-5-12(13)8-11-4-3-7-15-10-11/h1-2,5-6,11,15H,3-4,7-8,10H2. The third kappa shape index (κ3) is 2.57. The quantitative estimate of drug-likeness (QED) is 0.793. The highest BCUT2D eigenvalue weighted by molar-refractivity contribution is 5.37. The molecule has 1 N–H and O–H groups in total. The largest absolute Gasteiger partial charge is 0.316 e. The Labute approximate surface area is 90.9 Å². The fourth-order valence-electron chi connectivity index (χ4n) is 2.22. The normalized spacial score (nSPS) is 20.9. The van der Waals surface area contributed by atoms with Crippen molar-refractivity contribution in [3.8, 4) is 6.07 Å². The molecule has 1 fully saturated rings. The molecule has 1 aliphatic heterocycles. The Balaban J connectivity index is 2.06. The summed E-state index contributed by atoms with van der Waals surface area (Å²) in [5.41, 5.74) is 2.04. The number of nitriles is 1. The van der Waals surface area contributed by atoms with Crippen LogP contribution >= 0.6 is 0 Å². The van der Waals surface area contributed by atoms with Crippen LogP contribution in [0.25, 0.3) is 0 Å². The van der Waals surface area contributed by atoms with Gasteiger partial charge in [0.25, 0.3) is 0 Å². The highest BCUT2D eigenvalue weighted by Crippen LogP contribution is 2.18. The molecule has 1 atom stereocenters. The molecule has 2 rings (SSSR count). The minimum atomic E-state index is 0.702. The second kappa shape index (κ2) is 4.95. The molecule has 1 heterocycles. The molecule has 0 aromatic heterocycles. The molecule has 0 radical (unpaired) electrons. The number of hydrogen-bond acceptors (Lipinski definition) is 2. The zero-order valence-electron chi connectivity index (χ0n) is 8.87. The van der Waals surface area contributed by atoms with Gasteiger partial charge >= 0.3 is 0 Å². The molecule has 1 aromatic carbocycles. The Morgan fingerprint density at radius 1 is 1.40 bits per heavy atom. The van der Waals surface area contributed by atoms with Crippen molar-refractivity contribution in [3.63, 3.8) is 0 Å². The summed E-state index contributed by atoms with van der Waals surface area (Å²) in [4.78, 5) is 0. The molecule has 0 spiro atoms. The van der Waals surface area contributed by atoms with Gasteiger partial charge in [-0.25, -0.2) is 0 Å². The van der Waals surface area contributed by atoms with Gasteiger partial charge in [-0.05, 0) is 49.9 Å². The van der Waals surface area contributed by atoms with E-state index in [4.69, 9.17) is 5.26 Å². The Morgan fingerprint density at radius 3 is 3.00 bits per heavy atom. The second-order valence-corrected chi connectivity index (χ2v) is 4.19. The van der Waals surface area contributed by atoms with E-state index < -0.39 is 0 Å².